The Labute approximate surface area is 378 Å². The van der Waals surface area contributed by atoms with E-state index in [1.54, 1.807) is 0 Å². The van der Waals surface area contributed by atoms with Crippen LogP contribution in [0.3, 0.4) is 0 Å². The van der Waals surface area contributed by atoms with E-state index in [0.717, 1.165) is 66.4 Å². The number of fused-ring (bicyclic) bond motifs is 3. The third-order valence-corrected chi connectivity index (χ3v) is 12.0. The summed E-state index contributed by atoms with van der Waals surface area (Å²) in [4.78, 5) is 30.5. The van der Waals surface area contributed by atoms with E-state index in [1.807, 2.05) is 30.3 Å². The first-order chi connectivity index (χ1) is 31.9. The van der Waals surface area contributed by atoms with E-state index in [4.69, 9.17) is 29.9 Å². The summed E-state index contributed by atoms with van der Waals surface area (Å²) in [5.74, 6) is 3.72. The number of hydrogen-bond acceptors (Lipinski definition) is 6. The maximum atomic E-state index is 5.14. The fourth-order valence-electron chi connectivity index (χ4n) is 8.59. The van der Waals surface area contributed by atoms with Crippen molar-refractivity contribution in [3.63, 3.8) is 0 Å². The predicted molar refractivity (Wildman–Crippen MR) is 266 cm³/mol. The van der Waals surface area contributed by atoms with Crippen molar-refractivity contribution >= 4 is 21.5 Å². The van der Waals surface area contributed by atoms with Gasteiger partial charge in [0.05, 0.1) is 0 Å². The van der Waals surface area contributed by atoms with Gasteiger partial charge in [0.25, 0.3) is 0 Å². The van der Waals surface area contributed by atoms with Crippen LogP contribution in [0.15, 0.2) is 200 Å². The lowest BCUT2D eigenvalue weighted by atomic mass is 9.84. The molecular formula is C59H42N6. The minimum atomic E-state index is 0.605. The van der Waals surface area contributed by atoms with Gasteiger partial charge in [0.1, 0.15) is 0 Å². The van der Waals surface area contributed by atoms with Crippen molar-refractivity contribution in [1.82, 2.24) is 29.9 Å². The maximum absolute atomic E-state index is 5.14. The number of aromatic nitrogens is 6. The van der Waals surface area contributed by atoms with Crippen molar-refractivity contribution in [3.05, 3.63) is 217 Å². The van der Waals surface area contributed by atoms with E-state index in [0.29, 0.717) is 34.9 Å². The summed E-state index contributed by atoms with van der Waals surface area (Å²) >= 11 is 0. The van der Waals surface area contributed by atoms with Gasteiger partial charge in [0.2, 0.25) is 0 Å². The molecule has 0 radical (unpaired) electrons. The number of aryl methyl sites for hydroxylation is 3. The van der Waals surface area contributed by atoms with Crippen LogP contribution >= 0.6 is 0 Å². The Balaban J connectivity index is 1.11. The van der Waals surface area contributed by atoms with Gasteiger partial charge in [0.15, 0.2) is 34.9 Å². The molecule has 0 aliphatic carbocycles. The zero-order valence-electron chi connectivity index (χ0n) is 36.2. The van der Waals surface area contributed by atoms with Crippen LogP contribution in [0, 0.1) is 20.8 Å². The summed E-state index contributed by atoms with van der Waals surface area (Å²) in [5.41, 5.74) is 13.4. The lowest BCUT2D eigenvalue weighted by Gasteiger charge is -2.19. The fraction of sp³-hybridized carbons (Fsp3) is 0.0508. The Morgan fingerprint density at radius 1 is 0.215 bits per heavy atom. The van der Waals surface area contributed by atoms with E-state index >= 15 is 0 Å². The average molecular weight is 835 g/mol. The van der Waals surface area contributed by atoms with Gasteiger partial charge in [0, 0.05) is 33.4 Å². The third-order valence-electron chi connectivity index (χ3n) is 12.0. The maximum Gasteiger partial charge on any atom is 0.164 e. The smallest absolute Gasteiger partial charge is 0.164 e. The monoisotopic (exact) mass is 834 g/mol. The number of rotatable bonds is 8. The molecule has 11 rings (SSSR count). The minimum Gasteiger partial charge on any atom is -0.208 e. The van der Waals surface area contributed by atoms with Gasteiger partial charge < -0.3 is 0 Å². The minimum absolute atomic E-state index is 0.605. The second-order valence-electron chi connectivity index (χ2n) is 16.6. The Bertz CT molecular complexity index is 3480. The van der Waals surface area contributed by atoms with Gasteiger partial charge in [-0.3, -0.25) is 0 Å². The normalized spacial score (nSPS) is 11.3. The van der Waals surface area contributed by atoms with E-state index in [2.05, 4.69) is 191 Å². The first-order valence-corrected chi connectivity index (χ1v) is 21.9. The third kappa shape index (κ3) is 7.72. The Morgan fingerprint density at radius 3 is 0.831 bits per heavy atom. The first-order valence-electron chi connectivity index (χ1n) is 21.9. The molecule has 2 aromatic heterocycles. The van der Waals surface area contributed by atoms with Gasteiger partial charge in [-0.1, -0.05) is 205 Å². The van der Waals surface area contributed by atoms with Gasteiger partial charge >= 0.3 is 0 Å². The SMILES string of the molecule is Cc1ccc(-c2nc(-c3ccccc3)nc(-c3cccc(-c4c(-c5cccc(-c6nc(-c7ccc(C)cc7)nc(-c7ccc(C)cc7)n6)c5)c5ccccc5c5ccccc45)c3)n2)cc1. The molecule has 0 amide bonds. The second-order valence-corrected chi connectivity index (χ2v) is 16.6. The Kier molecular flexibility index (Phi) is 10.1. The van der Waals surface area contributed by atoms with Gasteiger partial charge in [-0.15, -0.1) is 0 Å². The summed E-state index contributed by atoms with van der Waals surface area (Å²) in [6.07, 6.45) is 0. The molecule has 0 fully saturated rings. The zero-order chi connectivity index (χ0) is 43.9. The predicted octanol–water partition coefficient (Wildman–Crippen LogP) is 14.6. The van der Waals surface area contributed by atoms with Crippen molar-refractivity contribution < 1.29 is 0 Å². The molecule has 0 unspecified atom stereocenters. The van der Waals surface area contributed by atoms with Gasteiger partial charge in [-0.2, -0.15) is 0 Å². The van der Waals surface area contributed by atoms with Crippen LogP contribution in [0.4, 0.5) is 0 Å². The van der Waals surface area contributed by atoms with E-state index in [1.165, 1.54) is 27.5 Å². The van der Waals surface area contributed by atoms with Gasteiger partial charge in [-0.25, -0.2) is 29.9 Å². The quantitative estimate of drug-likeness (QED) is 0.142. The highest BCUT2D eigenvalue weighted by Gasteiger charge is 2.21. The van der Waals surface area contributed by atoms with E-state index < -0.39 is 0 Å². The molecule has 6 heteroatoms. The van der Waals surface area contributed by atoms with Crippen LogP contribution in [0.1, 0.15) is 16.7 Å². The average Bonchev–Trinajstić information content (AvgIpc) is 3.36. The van der Waals surface area contributed by atoms with Crippen molar-refractivity contribution in [2.45, 2.75) is 20.8 Å². The van der Waals surface area contributed by atoms with Gasteiger partial charge in [-0.05, 0) is 76.7 Å². The first kappa shape index (κ1) is 39.4. The van der Waals surface area contributed by atoms with E-state index in [-0.39, 0.29) is 0 Å². The topological polar surface area (TPSA) is 77.3 Å². The second kappa shape index (κ2) is 16.7. The van der Waals surface area contributed by atoms with Crippen molar-refractivity contribution in [2.24, 2.45) is 0 Å². The van der Waals surface area contributed by atoms with Crippen LogP contribution in [0.25, 0.3) is 112 Å². The lowest BCUT2D eigenvalue weighted by molar-refractivity contribution is 1.07. The van der Waals surface area contributed by atoms with Crippen LogP contribution in [-0.4, -0.2) is 29.9 Å². The fourth-order valence-corrected chi connectivity index (χ4v) is 8.59. The molecule has 0 spiro atoms. The van der Waals surface area contributed by atoms with Crippen molar-refractivity contribution in [3.8, 4) is 90.6 Å². The standard InChI is InChI=1S/C59H42N6/c1-37-23-29-41(30-24-37)55-60-54(40-13-5-4-6-14-40)62-58(63-55)46-17-11-15-44(35-46)52-50-21-9-7-19-48(50)49-20-8-10-22-51(49)53(52)45-16-12-18-47(36-45)59-64-56(42-31-25-38(2)26-32-42)61-57(65-59)43-33-27-39(3)28-34-43/h4-36H,1-3H3. The number of benzene rings is 9. The number of nitrogens with zero attached hydrogens (tertiary/aromatic N) is 6. The van der Waals surface area contributed by atoms with Crippen LogP contribution < -0.4 is 0 Å². The van der Waals surface area contributed by atoms with Crippen LogP contribution in [0.2, 0.25) is 0 Å². The molecule has 9 aromatic carbocycles. The molecule has 11 aromatic rings. The highest BCUT2D eigenvalue weighted by molar-refractivity contribution is 6.21. The molecule has 308 valence electrons. The summed E-state index contributed by atoms with van der Waals surface area (Å²) in [6, 6.07) is 69.8. The molecule has 0 aliphatic heterocycles. The molecule has 6 nitrogen and oxygen atoms in total. The Hall–Kier alpha value is -8.48. The summed E-state index contributed by atoms with van der Waals surface area (Å²) in [5, 5.41) is 4.65. The molecule has 0 aliphatic rings. The van der Waals surface area contributed by atoms with Crippen molar-refractivity contribution in [1.29, 1.82) is 0 Å². The largest absolute Gasteiger partial charge is 0.208 e. The molecule has 0 atom stereocenters. The van der Waals surface area contributed by atoms with E-state index in [9.17, 15) is 0 Å². The molecule has 0 bridgehead atoms. The summed E-state index contributed by atoms with van der Waals surface area (Å²) in [7, 11) is 0. The molecule has 2 heterocycles. The number of hydrogen-bond donors (Lipinski definition) is 0. The van der Waals surface area contributed by atoms with Crippen molar-refractivity contribution in [2.75, 3.05) is 0 Å². The molecular weight excluding hydrogens is 793 g/mol. The lowest BCUT2D eigenvalue weighted by Crippen LogP contribution is -2.01. The van der Waals surface area contributed by atoms with Crippen LogP contribution in [-0.2, 0) is 0 Å². The molecule has 0 saturated carbocycles. The Morgan fingerprint density at radius 2 is 0.477 bits per heavy atom. The van der Waals surface area contributed by atoms with Crippen LogP contribution in [0.5, 0.6) is 0 Å². The zero-order valence-corrected chi connectivity index (χ0v) is 36.2. The highest BCUT2D eigenvalue weighted by atomic mass is 15.0. The molecule has 0 saturated heterocycles. The summed E-state index contributed by atoms with van der Waals surface area (Å²) in [6.45, 7) is 6.26. The summed E-state index contributed by atoms with van der Waals surface area (Å²) < 4.78 is 0. The highest BCUT2D eigenvalue weighted by Crippen LogP contribution is 2.46. The molecule has 0 N–H and O–H groups in total. The molecule has 65 heavy (non-hydrogen) atoms.